The molecular formula is C14H21N3O2. The van der Waals surface area contributed by atoms with E-state index in [0.29, 0.717) is 17.8 Å². The van der Waals surface area contributed by atoms with Crippen LogP contribution in [0, 0.1) is 6.92 Å². The highest BCUT2D eigenvalue weighted by Gasteiger charge is 2.17. The summed E-state index contributed by atoms with van der Waals surface area (Å²) in [5.41, 5.74) is 7.61. The van der Waals surface area contributed by atoms with Crippen molar-refractivity contribution >= 4 is 17.5 Å². The van der Waals surface area contributed by atoms with Crippen molar-refractivity contribution in [1.82, 2.24) is 10.2 Å². The molecule has 19 heavy (non-hydrogen) atoms. The SMILES string of the molecule is CCCNC(=O)CN(C)C(=O)c1cc(C)ccc1N. The number of nitrogens with one attached hydrogen (secondary N) is 1. The lowest BCUT2D eigenvalue weighted by Crippen LogP contribution is -2.38. The maximum absolute atomic E-state index is 12.2. The van der Waals surface area contributed by atoms with Gasteiger partial charge in [-0.2, -0.15) is 0 Å². The van der Waals surface area contributed by atoms with Crippen LogP contribution in [0.2, 0.25) is 0 Å². The van der Waals surface area contributed by atoms with E-state index in [1.54, 1.807) is 19.2 Å². The van der Waals surface area contributed by atoms with E-state index in [1.165, 1.54) is 4.90 Å². The standard InChI is InChI=1S/C14H21N3O2/c1-4-7-16-13(18)9-17(3)14(19)11-8-10(2)5-6-12(11)15/h5-6,8H,4,7,9,15H2,1-3H3,(H,16,18). The first-order valence-electron chi connectivity index (χ1n) is 6.34. The van der Waals surface area contributed by atoms with E-state index < -0.39 is 0 Å². The number of benzene rings is 1. The van der Waals surface area contributed by atoms with E-state index in [2.05, 4.69) is 5.32 Å². The average Bonchev–Trinajstić information content (AvgIpc) is 2.38. The van der Waals surface area contributed by atoms with Gasteiger partial charge in [-0.15, -0.1) is 0 Å². The summed E-state index contributed by atoms with van der Waals surface area (Å²) in [6.07, 6.45) is 0.869. The van der Waals surface area contributed by atoms with Crippen LogP contribution in [0.25, 0.3) is 0 Å². The predicted molar refractivity (Wildman–Crippen MR) is 75.9 cm³/mol. The Kier molecular flexibility index (Phi) is 5.36. The smallest absolute Gasteiger partial charge is 0.256 e. The second kappa shape index (κ2) is 6.78. The highest BCUT2D eigenvalue weighted by atomic mass is 16.2. The summed E-state index contributed by atoms with van der Waals surface area (Å²) in [5, 5.41) is 2.73. The van der Waals surface area contributed by atoms with Crippen molar-refractivity contribution in [2.24, 2.45) is 0 Å². The van der Waals surface area contributed by atoms with Crippen LogP contribution in [-0.2, 0) is 4.79 Å². The molecular weight excluding hydrogens is 242 g/mol. The number of hydrogen-bond acceptors (Lipinski definition) is 3. The molecule has 0 aliphatic carbocycles. The largest absolute Gasteiger partial charge is 0.398 e. The van der Waals surface area contributed by atoms with E-state index in [9.17, 15) is 9.59 Å². The van der Waals surface area contributed by atoms with Gasteiger partial charge in [-0.25, -0.2) is 0 Å². The van der Waals surface area contributed by atoms with Crippen molar-refractivity contribution in [3.63, 3.8) is 0 Å². The number of nitrogens with zero attached hydrogens (tertiary/aromatic N) is 1. The Morgan fingerprint density at radius 3 is 2.68 bits per heavy atom. The third-order valence-corrected chi connectivity index (χ3v) is 2.74. The van der Waals surface area contributed by atoms with Crippen LogP contribution in [-0.4, -0.2) is 36.9 Å². The molecule has 0 bridgehead atoms. The van der Waals surface area contributed by atoms with E-state index in [-0.39, 0.29) is 18.4 Å². The number of likely N-dealkylation sites (N-methyl/N-ethyl adjacent to an activating group) is 1. The average molecular weight is 263 g/mol. The summed E-state index contributed by atoms with van der Waals surface area (Å²) in [6.45, 7) is 4.52. The first kappa shape index (κ1) is 15.0. The summed E-state index contributed by atoms with van der Waals surface area (Å²) >= 11 is 0. The molecule has 0 unspecified atom stereocenters. The number of carbonyl (C=O) groups excluding carboxylic acids is 2. The van der Waals surface area contributed by atoms with E-state index in [4.69, 9.17) is 5.73 Å². The lowest BCUT2D eigenvalue weighted by atomic mass is 10.1. The molecule has 0 aliphatic rings. The van der Waals surface area contributed by atoms with Gasteiger partial charge >= 0.3 is 0 Å². The van der Waals surface area contributed by atoms with Gasteiger partial charge in [-0.1, -0.05) is 18.6 Å². The molecule has 1 aromatic carbocycles. The third kappa shape index (κ3) is 4.28. The fraction of sp³-hybridized carbons (Fsp3) is 0.429. The molecule has 0 spiro atoms. The number of aryl methyl sites for hydroxylation is 1. The zero-order valence-corrected chi connectivity index (χ0v) is 11.7. The fourth-order valence-electron chi connectivity index (χ4n) is 1.67. The van der Waals surface area contributed by atoms with Crippen molar-refractivity contribution in [1.29, 1.82) is 0 Å². The number of amides is 2. The van der Waals surface area contributed by atoms with Gasteiger partial charge in [0.2, 0.25) is 5.91 Å². The molecule has 5 heteroatoms. The van der Waals surface area contributed by atoms with Gasteiger partial charge in [0.05, 0.1) is 12.1 Å². The zero-order valence-electron chi connectivity index (χ0n) is 11.7. The topological polar surface area (TPSA) is 75.4 Å². The Balaban J connectivity index is 2.71. The zero-order chi connectivity index (χ0) is 14.4. The molecule has 0 saturated heterocycles. The number of anilines is 1. The predicted octanol–water partition coefficient (Wildman–Crippen LogP) is 1.18. The number of rotatable bonds is 5. The van der Waals surface area contributed by atoms with Crippen LogP contribution in [0.1, 0.15) is 29.3 Å². The lowest BCUT2D eigenvalue weighted by molar-refractivity contribution is -0.121. The maximum atomic E-state index is 12.2. The minimum absolute atomic E-state index is 0.0339. The molecule has 0 fully saturated rings. The van der Waals surface area contributed by atoms with Crippen molar-refractivity contribution in [3.05, 3.63) is 29.3 Å². The molecule has 2 amide bonds. The van der Waals surface area contributed by atoms with Gasteiger partial charge in [0.15, 0.2) is 0 Å². The molecule has 0 aliphatic heterocycles. The van der Waals surface area contributed by atoms with Gasteiger partial charge in [-0.3, -0.25) is 9.59 Å². The van der Waals surface area contributed by atoms with Crippen molar-refractivity contribution in [2.45, 2.75) is 20.3 Å². The first-order valence-corrected chi connectivity index (χ1v) is 6.34. The van der Waals surface area contributed by atoms with E-state index in [1.807, 2.05) is 19.9 Å². The monoisotopic (exact) mass is 263 g/mol. The Bertz CT molecular complexity index is 472. The van der Waals surface area contributed by atoms with Crippen LogP contribution in [0.5, 0.6) is 0 Å². The summed E-state index contributed by atoms with van der Waals surface area (Å²) in [5.74, 6) is -0.406. The van der Waals surface area contributed by atoms with Crippen molar-refractivity contribution in [2.75, 3.05) is 25.9 Å². The molecule has 0 aromatic heterocycles. The summed E-state index contributed by atoms with van der Waals surface area (Å²) in [4.78, 5) is 25.1. The Labute approximate surface area is 113 Å². The van der Waals surface area contributed by atoms with Gasteiger partial charge in [0.1, 0.15) is 0 Å². The lowest BCUT2D eigenvalue weighted by Gasteiger charge is -2.18. The first-order chi connectivity index (χ1) is 8.95. The highest BCUT2D eigenvalue weighted by Crippen LogP contribution is 2.15. The van der Waals surface area contributed by atoms with Gasteiger partial charge in [0, 0.05) is 19.3 Å². The summed E-state index contributed by atoms with van der Waals surface area (Å²) in [6, 6.07) is 5.28. The van der Waals surface area contributed by atoms with Gasteiger partial charge in [0.25, 0.3) is 5.91 Å². The molecule has 0 atom stereocenters. The highest BCUT2D eigenvalue weighted by molar-refractivity contribution is 6.00. The van der Waals surface area contributed by atoms with Crippen LogP contribution in [0.3, 0.4) is 0 Å². The molecule has 104 valence electrons. The normalized spacial score (nSPS) is 10.1. The number of nitrogen functional groups attached to an aromatic ring is 1. The van der Waals surface area contributed by atoms with Gasteiger partial charge in [-0.05, 0) is 25.5 Å². The third-order valence-electron chi connectivity index (χ3n) is 2.74. The fourth-order valence-corrected chi connectivity index (χ4v) is 1.67. The minimum Gasteiger partial charge on any atom is -0.398 e. The Morgan fingerprint density at radius 2 is 2.05 bits per heavy atom. The minimum atomic E-state index is -0.243. The van der Waals surface area contributed by atoms with E-state index in [0.717, 1.165) is 12.0 Å². The quantitative estimate of drug-likeness (QED) is 0.783. The number of nitrogens with two attached hydrogens (primary N) is 1. The van der Waals surface area contributed by atoms with Crippen LogP contribution >= 0.6 is 0 Å². The maximum Gasteiger partial charge on any atom is 0.256 e. The van der Waals surface area contributed by atoms with E-state index >= 15 is 0 Å². The van der Waals surface area contributed by atoms with Crippen LogP contribution < -0.4 is 11.1 Å². The molecule has 0 radical (unpaired) electrons. The van der Waals surface area contributed by atoms with Gasteiger partial charge < -0.3 is 16.0 Å². The molecule has 0 heterocycles. The second-order valence-electron chi connectivity index (χ2n) is 4.60. The number of carbonyl (C=O) groups is 2. The Hall–Kier alpha value is -2.04. The van der Waals surface area contributed by atoms with Crippen molar-refractivity contribution < 1.29 is 9.59 Å². The molecule has 0 saturated carbocycles. The Morgan fingerprint density at radius 1 is 1.37 bits per heavy atom. The molecule has 1 rings (SSSR count). The molecule has 3 N–H and O–H groups in total. The van der Waals surface area contributed by atoms with Crippen LogP contribution in [0.4, 0.5) is 5.69 Å². The number of hydrogen-bond donors (Lipinski definition) is 2. The summed E-state index contributed by atoms with van der Waals surface area (Å²) in [7, 11) is 1.59. The van der Waals surface area contributed by atoms with Crippen LogP contribution in [0.15, 0.2) is 18.2 Å². The van der Waals surface area contributed by atoms with Crippen molar-refractivity contribution in [3.8, 4) is 0 Å². The summed E-state index contributed by atoms with van der Waals surface area (Å²) < 4.78 is 0. The molecule has 1 aromatic rings. The molecule has 5 nitrogen and oxygen atoms in total. The second-order valence-corrected chi connectivity index (χ2v) is 4.60.